The van der Waals surface area contributed by atoms with Gasteiger partial charge in [0.2, 0.25) is 11.3 Å². The first-order chi connectivity index (χ1) is 16.3. The first-order valence-corrected chi connectivity index (χ1v) is 12.1. The van der Waals surface area contributed by atoms with Gasteiger partial charge in [-0.15, -0.1) is 0 Å². The molecule has 7 nitrogen and oxygen atoms in total. The third-order valence-corrected chi connectivity index (χ3v) is 7.68. The highest BCUT2D eigenvalue weighted by atomic mass is 35.5. The third-order valence-electron chi connectivity index (χ3n) is 7.38. The molecule has 0 unspecified atom stereocenters. The van der Waals surface area contributed by atoms with Gasteiger partial charge in [-0.2, -0.15) is 0 Å². The zero-order valence-electron chi connectivity index (χ0n) is 19.4. The third kappa shape index (κ3) is 3.82. The van der Waals surface area contributed by atoms with Gasteiger partial charge >= 0.3 is 5.97 Å². The van der Waals surface area contributed by atoms with E-state index in [4.69, 9.17) is 16.3 Å². The Kier molecular flexibility index (Phi) is 5.76. The fourth-order valence-corrected chi connectivity index (χ4v) is 5.48. The quantitative estimate of drug-likeness (QED) is 0.533. The number of nitrogens with zero attached hydrogens (tertiary/aromatic N) is 3. The number of aromatic nitrogens is 2. The van der Waals surface area contributed by atoms with E-state index in [-0.39, 0.29) is 17.1 Å². The molecule has 1 saturated carbocycles. The number of ether oxygens (including phenoxy) is 1. The smallest absolute Gasteiger partial charge is 0.341 e. The molecule has 1 aromatic carbocycles. The molecule has 2 fully saturated rings. The summed E-state index contributed by atoms with van der Waals surface area (Å²) in [5, 5.41) is 10.4. The average Bonchev–Trinajstić information content (AvgIpc) is 3.25. The summed E-state index contributed by atoms with van der Waals surface area (Å²) in [6, 6.07) is 7.57. The number of aryl methyl sites for hydroxylation is 1. The summed E-state index contributed by atoms with van der Waals surface area (Å²) in [5.74, 6) is -0.586. The molecule has 0 amide bonds. The van der Waals surface area contributed by atoms with E-state index in [1.54, 1.807) is 12.3 Å². The van der Waals surface area contributed by atoms with Gasteiger partial charge in [-0.25, -0.2) is 9.78 Å². The fraction of sp³-hybridized carbons (Fsp3) is 0.423. The SMILES string of the molecule is Cc1cccnc1OC[C@H]1CCCN1c1cc2c(cc1Cl)c(=O)c(C(=O)O)cn2C1(C)CCC1. The molecule has 0 radical (unpaired) electrons. The molecule has 8 heteroatoms. The topological polar surface area (TPSA) is 84.7 Å². The molecule has 5 rings (SSSR count). The number of halogens is 1. The van der Waals surface area contributed by atoms with Crippen LogP contribution in [0.4, 0.5) is 5.69 Å². The van der Waals surface area contributed by atoms with Crippen molar-refractivity contribution < 1.29 is 14.6 Å². The van der Waals surface area contributed by atoms with Gasteiger partial charge < -0.3 is 19.3 Å². The molecular formula is C26H28ClN3O4. The Morgan fingerprint density at radius 1 is 1.32 bits per heavy atom. The lowest BCUT2D eigenvalue weighted by Crippen LogP contribution is -2.39. The van der Waals surface area contributed by atoms with Crippen molar-refractivity contribution in [3.8, 4) is 5.88 Å². The Balaban J connectivity index is 1.56. The van der Waals surface area contributed by atoms with Crippen LogP contribution < -0.4 is 15.1 Å². The number of benzene rings is 1. The summed E-state index contributed by atoms with van der Waals surface area (Å²) >= 11 is 6.72. The van der Waals surface area contributed by atoms with E-state index in [0.717, 1.165) is 55.4 Å². The first-order valence-electron chi connectivity index (χ1n) is 11.7. The average molecular weight is 482 g/mol. The Morgan fingerprint density at radius 3 is 2.79 bits per heavy atom. The molecule has 1 aliphatic carbocycles. The van der Waals surface area contributed by atoms with E-state index in [0.29, 0.717) is 22.9 Å². The van der Waals surface area contributed by atoms with Crippen LogP contribution in [0, 0.1) is 6.92 Å². The molecule has 34 heavy (non-hydrogen) atoms. The highest BCUT2D eigenvalue weighted by Gasteiger charge is 2.36. The molecule has 3 heterocycles. The second-order valence-corrected chi connectivity index (χ2v) is 10.1. The van der Waals surface area contributed by atoms with Crippen molar-refractivity contribution in [1.29, 1.82) is 0 Å². The van der Waals surface area contributed by atoms with Gasteiger partial charge in [0.15, 0.2) is 0 Å². The van der Waals surface area contributed by atoms with Crippen LogP contribution in [0.2, 0.25) is 5.02 Å². The second-order valence-electron chi connectivity index (χ2n) is 9.64. The number of carboxylic acids is 1. The lowest BCUT2D eigenvalue weighted by molar-refractivity contribution is 0.0693. The molecule has 3 aromatic rings. The van der Waals surface area contributed by atoms with Crippen molar-refractivity contribution in [3.63, 3.8) is 0 Å². The fourth-order valence-electron chi connectivity index (χ4n) is 5.21. The monoisotopic (exact) mass is 481 g/mol. The minimum atomic E-state index is -1.22. The van der Waals surface area contributed by atoms with Gasteiger partial charge in [-0.1, -0.05) is 17.7 Å². The number of carbonyl (C=O) groups is 1. The molecule has 1 saturated heterocycles. The second kappa shape index (κ2) is 8.62. The molecular weight excluding hydrogens is 454 g/mol. The van der Waals surface area contributed by atoms with Crippen molar-refractivity contribution in [1.82, 2.24) is 9.55 Å². The summed E-state index contributed by atoms with van der Waals surface area (Å²) in [5.41, 5.74) is 1.62. The first kappa shape index (κ1) is 22.7. The molecule has 1 atom stereocenters. The summed E-state index contributed by atoms with van der Waals surface area (Å²) in [4.78, 5) is 31.4. The van der Waals surface area contributed by atoms with Crippen molar-refractivity contribution in [2.75, 3.05) is 18.1 Å². The Hall–Kier alpha value is -3.06. The standard InChI is InChI=1S/C26H28ClN3O4/c1-16-6-3-10-28-24(16)34-15-17-7-4-11-29(17)22-13-21-18(12-20(22)27)23(31)19(25(32)33)14-30(21)26(2)8-5-9-26/h3,6,10,12-14,17H,4-5,7-9,11,15H2,1-2H3,(H,32,33)/t17-/m1/s1. The van der Waals surface area contributed by atoms with Crippen molar-refractivity contribution in [2.24, 2.45) is 0 Å². The molecule has 178 valence electrons. The minimum absolute atomic E-state index is 0.120. The number of hydrogen-bond acceptors (Lipinski definition) is 5. The van der Waals surface area contributed by atoms with Gasteiger partial charge in [0.25, 0.3) is 0 Å². The number of rotatable bonds is 6. The number of fused-ring (bicyclic) bond motifs is 1. The number of carboxylic acid groups (broad SMARTS) is 1. The van der Waals surface area contributed by atoms with Crippen LogP contribution >= 0.6 is 11.6 Å². The maximum absolute atomic E-state index is 13.0. The van der Waals surface area contributed by atoms with Crippen molar-refractivity contribution in [3.05, 3.63) is 63.0 Å². The van der Waals surface area contributed by atoms with E-state index >= 15 is 0 Å². The minimum Gasteiger partial charge on any atom is -0.477 e. The van der Waals surface area contributed by atoms with Gasteiger partial charge in [-0.05, 0) is 64.2 Å². The van der Waals surface area contributed by atoms with E-state index in [9.17, 15) is 14.7 Å². The predicted octanol–water partition coefficient (Wildman–Crippen LogP) is 5.00. The maximum Gasteiger partial charge on any atom is 0.341 e. The van der Waals surface area contributed by atoms with Crippen LogP contribution in [-0.4, -0.2) is 39.8 Å². The lowest BCUT2D eigenvalue weighted by atomic mass is 9.78. The molecule has 1 aliphatic heterocycles. The summed E-state index contributed by atoms with van der Waals surface area (Å²) in [6.07, 6.45) is 8.15. The number of anilines is 1. The summed E-state index contributed by atoms with van der Waals surface area (Å²) in [7, 11) is 0. The zero-order valence-corrected chi connectivity index (χ0v) is 20.1. The summed E-state index contributed by atoms with van der Waals surface area (Å²) < 4.78 is 8.03. The normalized spacial score (nSPS) is 19.3. The highest BCUT2D eigenvalue weighted by molar-refractivity contribution is 6.34. The van der Waals surface area contributed by atoms with Crippen LogP contribution in [0.1, 0.15) is 54.9 Å². The summed E-state index contributed by atoms with van der Waals surface area (Å²) in [6.45, 7) is 5.40. The van der Waals surface area contributed by atoms with Crippen LogP contribution in [-0.2, 0) is 5.54 Å². The van der Waals surface area contributed by atoms with E-state index in [1.807, 2.05) is 29.7 Å². The van der Waals surface area contributed by atoms with Gasteiger partial charge in [0.05, 0.1) is 22.3 Å². The van der Waals surface area contributed by atoms with Gasteiger partial charge in [-0.3, -0.25) is 4.79 Å². The number of aromatic carboxylic acids is 1. The van der Waals surface area contributed by atoms with Crippen LogP contribution in [0.5, 0.6) is 5.88 Å². The zero-order chi connectivity index (χ0) is 24.0. The van der Waals surface area contributed by atoms with Crippen LogP contribution in [0.15, 0.2) is 41.5 Å². The van der Waals surface area contributed by atoms with Crippen molar-refractivity contribution in [2.45, 2.75) is 57.5 Å². The van der Waals surface area contributed by atoms with Crippen LogP contribution in [0.3, 0.4) is 0 Å². The maximum atomic E-state index is 13.0. The van der Waals surface area contributed by atoms with Crippen LogP contribution in [0.25, 0.3) is 10.9 Å². The van der Waals surface area contributed by atoms with Gasteiger partial charge in [0, 0.05) is 35.4 Å². The predicted molar refractivity (Wildman–Crippen MR) is 133 cm³/mol. The molecule has 2 aromatic heterocycles. The Morgan fingerprint density at radius 2 is 2.12 bits per heavy atom. The van der Waals surface area contributed by atoms with Gasteiger partial charge in [0.1, 0.15) is 12.2 Å². The molecule has 0 spiro atoms. The van der Waals surface area contributed by atoms with E-state index in [1.165, 1.54) is 6.20 Å². The Labute approximate surface area is 202 Å². The number of pyridine rings is 2. The van der Waals surface area contributed by atoms with Crippen molar-refractivity contribution >= 4 is 34.2 Å². The molecule has 0 bridgehead atoms. The Bertz CT molecular complexity index is 1330. The highest BCUT2D eigenvalue weighted by Crippen LogP contribution is 2.42. The lowest BCUT2D eigenvalue weighted by Gasteiger charge is -2.42. The largest absolute Gasteiger partial charge is 0.477 e. The van der Waals surface area contributed by atoms with E-state index in [2.05, 4.69) is 16.8 Å². The molecule has 2 aliphatic rings. The van der Waals surface area contributed by atoms with E-state index < -0.39 is 11.4 Å². The number of hydrogen-bond donors (Lipinski definition) is 1. The molecule has 1 N–H and O–H groups in total.